The van der Waals surface area contributed by atoms with Crippen LogP contribution < -0.4 is 15.0 Å². The summed E-state index contributed by atoms with van der Waals surface area (Å²) in [5.74, 6) is -0.367. The third-order valence-electron chi connectivity index (χ3n) is 7.16. The molecule has 42 heavy (non-hydrogen) atoms. The Morgan fingerprint density at radius 3 is 2.12 bits per heavy atom. The molecule has 1 saturated heterocycles. The van der Waals surface area contributed by atoms with Crippen molar-refractivity contribution in [3.63, 3.8) is 0 Å². The molecule has 6 nitrogen and oxygen atoms in total. The molecule has 1 aliphatic rings. The summed E-state index contributed by atoms with van der Waals surface area (Å²) in [5.41, 5.74) is 4.27. The van der Waals surface area contributed by atoms with E-state index in [1.165, 1.54) is 6.42 Å². The van der Waals surface area contributed by atoms with Crippen LogP contribution in [0.3, 0.4) is 0 Å². The van der Waals surface area contributed by atoms with E-state index in [2.05, 4.69) is 10.2 Å². The lowest BCUT2D eigenvalue weighted by molar-refractivity contribution is 0.00707. The van der Waals surface area contributed by atoms with E-state index in [9.17, 15) is 9.59 Å². The van der Waals surface area contributed by atoms with Crippen molar-refractivity contribution in [2.75, 3.05) is 23.3 Å². The minimum Gasteiger partial charge on any atom is -0.488 e. The largest absolute Gasteiger partial charge is 0.488 e. The monoisotopic (exact) mass is 562 g/mol. The summed E-state index contributed by atoms with van der Waals surface area (Å²) < 4.78 is 11.9. The van der Waals surface area contributed by atoms with Crippen molar-refractivity contribution in [2.45, 2.75) is 52.2 Å². The Balaban J connectivity index is 1.48. The standard InChI is InChI=1S/C36H38N2O4/c1-36(2,3)42-35(40)30-19-17-28(27-15-9-5-10-16-27)23-32(30)37-34(39)31-20-18-29(38-21-11-6-12-22-38)24-33(31)41-25-26-13-7-4-8-14-26/h4-5,7-10,13-20,23-24H,6,11-12,21-22,25H2,1-3H3,(H,37,39). The summed E-state index contributed by atoms with van der Waals surface area (Å²) in [4.78, 5) is 29.4. The highest BCUT2D eigenvalue weighted by atomic mass is 16.6. The topological polar surface area (TPSA) is 67.9 Å². The Kier molecular flexibility index (Phi) is 8.91. The second-order valence-electron chi connectivity index (χ2n) is 11.6. The Labute approximate surface area is 248 Å². The fourth-order valence-electron chi connectivity index (χ4n) is 5.06. The minimum atomic E-state index is -0.681. The molecule has 1 heterocycles. The number of amides is 1. The van der Waals surface area contributed by atoms with Gasteiger partial charge < -0.3 is 19.7 Å². The van der Waals surface area contributed by atoms with Crippen molar-refractivity contribution >= 4 is 23.3 Å². The van der Waals surface area contributed by atoms with Gasteiger partial charge in [0.1, 0.15) is 18.0 Å². The van der Waals surface area contributed by atoms with Gasteiger partial charge in [-0.1, -0.05) is 66.7 Å². The van der Waals surface area contributed by atoms with Crippen LogP contribution in [-0.4, -0.2) is 30.6 Å². The molecular formula is C36H38N2O4. The molecule has 1 amide bonds. The van der Waals surface area contributed by atoms with Crippen LogP contribution in [0.4, 0.5) is 11.4 Å². The third-order valence-corrected chi connectivity index (χ3v) is 7.16. The van der Waals surface area contributed by atoms with Crippen LogP contribution in [0, 0.1) is 0 Å². The van der Waals surface area contributed by atoms with Gasteiger partial charge in [0.15, 0.2) is 0 Å². The van der Waals surface area contributed by atoms with E-state index in [4.69, 9.17) is 9.47 Å². The first-order valence-electron chi connectivity index (χ1n) is 14.6. The predicted octanol–water partition coefficient (Wildman–Crippen LogP) is 8.13. The van der Waals surface area contributed by atoms with Crippen LogP contribution in [0.25, 0.3) is 11.1 Å². The highest BCUT2D eigenvalue weighted by Crippen LogP contribution is 2.32. The lowest BCUT2D eigenvalue weighted by Gasteiger charge is -2.29. The number of nitrogens with one attached hydrogen (secondary N) is 1. The number of benzene rings is 4. The van der Waals surface area contributed by atoms with Crippen molar-refractivity contribution in [3.05, 3.63) is 114 Å². The number of hydrogen-bond acceptors (Lipinski definition) is 5. The quantitative estimate of drug-likeness (QED) is 0.220. The molecule has 1 N–H and O–H groups in total. The molecule has 216 valence electrons. The Morgan fingerprint density at radius 2 is 1.43 bits per heavy atom. The van der Waals surface area contributed by atoms with Gasteiger partial charge in [-0.15, -0.1) is 0 Å². The maximum absolute atomic E-state index is 13.9. The van der Waals surface area contributed by atoms with Gasteiger partial charge in [0.05, 0.1) is 16.8 Å². The molecule has 0 bridgehead atoms. The van der Waals surface area contributed by atoms with E-state index >= 15 is 0 Å². The zero-order valence-electron chi connectivity index (χ0n) is 24.6. The zero-order valence-corrected chi connectivity index (χ0v) is 24.6. The molecule has 0 radical (unpaired) electrons. The first-order valence-corrected chi connectivity index (χ1v) is 14.6. The van der Waals surface area contributed by atoms with Gasteiger partial charge >= 0.3 is 5.97 Å². The van der Waals surface area contributed by atoms with Gasteiger partial charge in [0.2, 0.25) is 0 Å². The van der Waals surface area contributed by atoms with Gasteiger partial charge in [0.25, 0.3) is 5.91 Å². The first kappa shape index (κ1) is 28.9. The number of nitrogens with zero attached hydrogens (tertiary/aromatic N) is 1. The summed E-state index contributed by atoms with van der Waals surface area (Å²) in [6.07, 6.45) is 3.53. The summed E-state index contributed by atoms with van der Waals surface area (Å²) in [7, 11) is 0. The first-order chi connectivity index (χ1) is 20.3. The second kappa shape index (κ2) is 12.9. The Bertz CT molecular complexity index is 1520. The van der Waals surface area contributed by atoms with E-state index < -0.39 is 11.6 Å². The van der Waals surface area contributed by atoms with Crippen LogP contribution in [-0.2, 0) is 11.3 Å². The SMILES string of the molecule is CC(C)(C)OC(=O)c1ccc(-c2ccccc2)cc1NC(=O)c1ccc(N2CCCCC2)cc1OCc1ccccc1. The summed E-state index contributed by atoms with van der Waals surface area (Å²) in [6, 6.07) is 30.9. The predicted molar refractivity (Wildman–Crippen MR) is 168 cm³/mol. The van der Waals surface area contributed by atoms with E-state index in [1.54, 1.807) is 6.07 Å². The average Bonchev–Trinajstić information content (AvgIpc) is 3.00. The van der Waals surface area contributed by atoms with Gasteiger partial charge in [-0.2, -0.15) is 0 Å². The molecule has 0 aliphatic carbocycles. The van der Waals surface area contributed by atoms with Crippen LogP contribution in [0.1, 0.15) is 66.3 Å². The van der Waals surface area contributed by atoms with Crippen molar-refractivity contribution in [2.24, 2.45) is 0 Å². The summed E-state index contributed by atoms with van der Waals surface area (Å²) in [6.45, 7) is 7.76. The van der Waals surface area contributed by atoms with Gasteiger partial charge in [-0.25, -0.2) is 4.79 Å². The Hall–Kier alpha value is -4.58. The molecule has 0 saturated carbocycles. The average molecular weight is 563 g/mol. The molecule has 0 aromatic heterocycles. The smallest absolute Gasteiger partial charge is 0.340 e. The van der Waals surface area contributed by atoms with E-state index in [1.807, 2.05) is 112 Å². The van der Waals surface area contributed by atoms with Crippen molar-refractivity contribution in [1.29, 1.82) is 0 Å². The lowest BCUT2D eigenvalue weighted by atomic mass is 10.0. The minimum absolute atomic E-state index is 0.287. The highest BCUT2D eigenvalue weighted by molar-refractivity contribution is 6.10. The molecule has 5 rings (SSSR count). The number of anilines is 2. The fraction of sp³-hybridized carbons (Fsp3) is 0.278. The molecule has 1 aliphatic heterocycles. The van der Waals surface area contributed by atoms with Crippen LogP contribution >= 0.6 is 0 Å². The highest BCUT2D eigenvalue weighted by Gasteiger charge is 2.24. The van der Waals surface area contributed by atoms with Gasteiger partial charge in [0, 0.05) is 24.8 Å². The molecule has 4 aromatic rings. The second-order valence-corrected chi connectivity index (χ2v) is 11.6. The Morgan fingerprint density at radius 1 is 0.762 bits per heavy atom. The number of carbonyl (C=O) groups is 2. The number of esters is 1. The molecule has 0 unspecified atom stereocenters. The number of piperidine rings is 1. The van der Waals surface area contributed by atoms with Crippen LogP contribution in [0.5, 0.6) is 5.75 Å². The van der Waals surface area contributed by atoms with Crippen molar-refractivity contribution < 1.29 is 19.1 Å². The van der Waals surface area contributed by atoms with Gasteiger partial charge in [-0.3, -0.25) is 4.79 Å². The molecule has 0 atom stereocenters. The molecule has 6 heteroatoms. The lowest BCUT2D eigenvalue weighted by Crippen LogP contribution is -2.29. The molecule has 1 fully saturated rings. The van der Waals surface area contributed by atoms with Crippen LogP contribution in [0.2, 0.25) is 0 Å². The van der Waals surface area contributed by atoms with Crippen molar-refractivity contribution in [3.8, 4) is 16.9 Å². The molecular weight excluding hydrogens is 524 g/mol. The van der Waals surface area contributed by atoms with Crippen molar-refractivity contribution in [1.82, 2.24) is 0 Å². The zero-order chi connectivity index (χ0) is 29.5. The maximum Gasteiger partial charge on any atom is 0.340 e. The van der Waals surface area contributed by atoms with Crippen LogP contribution in [0.15, 0.2) is 97.1 Å². The fourth-order valence-corrected chi connectivity index (χ4v) is 5.06. The normalized spacial score (nSPS) is 13.4. The van der Waals surface area contributed by atoms with E-state index in [0.717, 1.165) is 48.3 Å². The third kappa shape index (κ3) is 7.38. The number of hydrogen-bond donors (Lipinski definition) is 1. The van der Waals surface area contributed by atoms with E-state index in [-0.39, 0.29) is 11.5 Å². The maximum atomic E-state index is 13.9. The van der Waals surface area contributed by atoms with Gasteiger partial charge in [-0.05, 0) is 81.0 Å². The summed E-state index contributed by atoms with van der Waals surface area (Å²) in [5, 5.41) is 3.01. The number of carbonyl (C=O) groups excluding carboxylic acids is 2. The number of ether oxygens (including phenoxy) is 2. The number of rotatable bonds is 8. The summed E-state index contributed by atoms with van der Waals surface area (Å²) >= 11 is 0. The molecule has 0 spiro atoms. The molecule has 4 aromatic carbocycles. The van der Waals surface area contributed by atoms with E-state index in [0.29, 0.717) is 23.6 Å².